The van der Waals surface area contributed by atoms with E-state index in [4.69, 9.17) is 21.1 Å². The summed E-state index contributed by atoms with van der Waals surface area (Å²) in [4.78, 5) is 57.1. The zero-order valence-corrected chi connectivity index (χ0v) is 25.5. The number of carbonyl (C=O) groups excluding carboxylic acids is 3. The number of carboxylic acids is 1. The van der Waals surface area contributed by atoms with Crippen molar-refractivity contribution in [3.05, 3.63) is 41.0 Å². The zero-order chi connectivity index (χ0) is 33.0. The monoisotopic (exact) mass is 649 g/mol. The van der Waals surface area contributed by atoms with Crippen LogP contribution in [0, 0.1) is 5.92 Å². The highest BCUT2D eigenvalue weighted by Gasteiger charge is 2.48. The van der Waals surface area contributed by atoms with Crippen molar-refractivity contribution >= 4 is 52.5 Å². The molecule has 2 aliphatic heterocycles. The van der Waals surface area contributed by atoms with Crippen molar-refractivity contribution in [3.8, 4) is 5.75 Å². The SMILES string of the molecule is CC(=O)Nc1cc(O[C@@H]2O[C@H](C(=O)O)[C@@H](O)[C@H](O)[C@H]2O)c(NC(=O)C2CCN(C(C)C)CC2)c(C(=O)Nc2ccc(Cl)cn2)c1. The van der Waals surface area contributed by atoms with E-state index in [9.17, 15) is 39.6 Å². The van der Waals surface area contributed by atoms with Crippen LogP contribution < -0.4 is 20.7 Å². The van der Waals surface area contributed by atoms with Gasteiger partial charge in [-0.2, -0.15) is 0 Å². The second-order valence-electron chi connectivity index (χ2n) is 11.1. The number of ether oxygens (including phenoxy) is 2. The number of piperidine rings is 1. The van der Waals surface area contributed by atoms with Crippen LogP contribution in [0.3, 0.4) is 0 Å². The number of nitrogens with one attached hydrogen (secondary N) is 3. The van der Waals surface area contributed by atoms with Crippen LogP contribution in [-0.2, 0) is 19.1 Å². The normalized spacial score (nSPS) is 24.1. The molecule has 4 rings (SSSR count). The number of rotatable bonds is 9. The highest BCUT2D eigenvalue weighted by atomic mass is 35.5. The number of aliphatic carboxylic acids is 1. The maximum absolute atomic E-state index is 13.6. The topological polar surface area (TPSA) is 220 Å². The number of anilines is 3. The third-order valence-corrected chi connectivity index (χ3v) is 7.79. The number of aromatic nitrogens is 1. The molecule has 0 radical (unpaired) electrons. The number of nitrogens with zero attached hydrogens (tertiary/aromatic N) is 2. The molecule has 0 unspecified atom stereocenters. The molecule has 0 bridgehead atoms. The van der Waals surface area contributed by atoms with E-state index in [0.717, 1.165) is 0 Å². The van der Waals surface area contributed by atoms with Crippen LogP contribution in [0.1, 0.15) is 44.0 Å². The predicted octanol–water partition coefficient (Wildman–Crippen LogP) is 1.28. The molecule has 0 aliphatic carbocycles. The minimum absolute atomic E-state index is 0.0376. The Morgan fingerprint density at radius 3 is 2.29 bits per heavy atom. The predicted molar refractivity (Wildman–Crippen MR) is 161 cm³/mol. The number of amides is 3. The fourth-order valence-electron chi connectivity index (χ4n) is 5.10. The van der Waals surface area contributed by atoms with Crippen LogP contribution in [0.4, 0.5) is 17.2 Å². The Morgan fingerprint density at radius 2 is 1.71 bits per heavy atom. The number of pyridine rings is 1. The smallest absolute Gasteiger partial charge is 0.335 e. The number of likely N-dealkylation sites (tertiary alicyclic amines) is 1. The third kappa shape index (κ3) is 8.25. The van der Waals surface area contributed by atoms with E-state index in [0.29, 0.717) is 37.0 Å². The first kappa shape index (κ1) is 34.0. The number of aliphatic hydroxyl groups is 3. The molecule has 2 aromatic rings. The lowest BCUT2D eigenvalue weighted by Crippen LogP contribution is -2.61. The Morgan fingerprint density at radius 1 is 1.02 bits per heavy atom. The first-order valence-corrected chi connectivity index (χ1v) is 14.7. The van der Waals surface area contributed by atoms with E-state index in [2.05, 4.69) is 39.7 Å². The van der Waals surface area contributed by atoms with Gasteiger partial charge in [0.1, 0.15) is 29.9 Å². The number of hydrogen-bond acceptors (Lipinski definition) is 11. The minimum atomic E-state index is -1.98. The van der Waals surface area contributed by atoms with Crippen molar-refractivity contribution in [2.75, 3.05) is 29.0 Å². The number of halogens is 1. The molecule has 244 valence electrons. The molecule has 45 heavy (non-hydrogen) atoms. The second kappa shape index (κ2) is 14.5. The molecule has 2 saturated heterocycles. The summed E-state index contributed by atoms with van der Waals surface area (Å²) in [7, 11) is 0. The van der Waals surface area contributed by atoms with Crippen molar-refractivity contribution in [1.82, 2.24) is 9.88 Å². The zero-order valence-electron chi connectivity index (χ0n) is 24.8. The fourth-order valence-corrected chi connectivity index (χ4v) is 5.21. The molecule has 1 aromatic heterocycles. The van der Waals surface area contributed by atoms with Gasteiger partial charge in [0.05, 0.1) is 16.3 Å². The standard InChI is InChI=1S/C29H36ClN5O10/c1-13(2)35-8-6-15(7-9-35)26(40)34-21-18(27(41)33-20-5-4-16(30)12-31-20)10-17(32-14(3)36)11-19(21)44-29-24(39)22(37)23(38)25(45-29)28(42)43/h4-5,10-13,15,22-25,29,37-39H,6-9H2,1-3H3,(H,32,36)(H,34,40)(H,42,43)(H,31,33,41)/t22-,23-,24+,25-,29+/m0/s1. The largest absolute Gasteiger partial charge is 0.479 e. The van der Waals surface area contributed by atoms with E-state index in [1.54, 1.807) is 0 Å². The van der Waals surface area contributed by atoms with Crippen LogP contribution in [0.15, 0.2) is 30.5 Å². The quantitative estimate of drug-likeness (QED) is 0.204. The number of aliphatic hydroxyl groups excluding tert-OH is 3. The van der Waals surface area contributed by atoms with Crippen LogP contribution in [0.5, 0.6) is 5.75 Å². The van der Waals surface area contributed by atoms with Gasteiger partial charge >= 0.3 is 5.97 Å². The van der Waals surface area contributed by atoms with Crippen LogP contribution in [-0.4, -0.2) is 104 Å². The number of benzene rings is 1. The summed E-state index contributed by atoms with van der Waals surface area (Å²) in [6.07, 6.45) is -7.38. The Balaban J connectivity index is 1.75. The second-order valence-corrected chi connectivity index (χ2v) is 11.6. The first-order valence-electron chi connectivity index (χ1n) is 14.3. The Labute approximate surface area is 263 Å². The highest BCUT2D eigenvalue weighted by Crippen LogP contribution is 2.37. The summed E-state index contributed by atoms with van der Waals surface area (Å²) >= 11 is 5.91. The van der Waals surface area contributed by atoms with Gasteiger partial charge in [-0.25, -0.2) is 9.78 Å². The van der Waals surface area contributed by atoms with Crippen molar-refractivity contribution < 1.29 is 49.1 Å². The molecule has 3 heterocycles. The van der Waals surface area contributed by atoms with Crippen molar-refractivity contribution in [1.29, 1.82) is 0 Å². The molecular weight excluding hydrogens is 614 g/mol. The molecule has 7 N–H and O–H groups in total. The van der Waals surface area contributed by atoms with Gasteiger partial charge in [-0.05, 0) is 58.0 Å². The fraction of sp³-hybridized carbons (Fsp3) is 0.483. The van der Waals surface area contributed by atoms with Gasteiger partial charge in [-0.1, -0.05) is 11.6 Å². The molecule has 15 nitrogen and oxygen atoms in total. The van der Waals surface area contributed by atoms with E-state index in [1.165, 1.54) is 37.4 Å². The molecule has 0 saturated carbocycles. The highest BCUT2D eigenvalue weighted by molar-refractivity contribution is 6.30. The number of hydrogen-bond donors (Lipinski definition) is 7. The van der Waals surface area contributed by atoms with Gasteiger partial charge in [0.15, 0.2) is 6.10 Å². The molecule has 3 amide bonds. The summed E-state index contributed by atoms with van der Waals surface area (Å²) in [5.41, 5.74) is -0.340. The molecule has 2 aliphatic rings. The summed E-state index contributed by atoms with van der Waals surface area (Å²) in [5, 5.41) is 48.7. The molecular formula is C29H36ClN5O10. The third-order valence-electron chi connectivity index (χ3n) is 7.57. The first-order chi connectivity index (χ1) is 21.2. The van der Waals surface area contributed by atoms with Crippen molar-refractivity contribution in [3.63, 3.8) is 0 Å². The van der Waals surface area contributed by atoms with Crippen molar-refractivity contribution in [2.45, 2.75) is 70.4 Å². The Bertz CT molecular complexity index is 1420. The minimum Gasteiger partial charge on any atom is -0.479 e. The van der Waals surface area contributed by atoms with Gasteiger partial charge in [0, 0.05) is 36.8 Å². The van der Waals surface area contributed by atoms with Gasteiger partial charge in [0.25, 0.3) is 5.91 Å². The molecule has 2 fully saturated rings. The Kier molecular flexibility index (Phi) is 11.0. The maximum atomic E-state index is 13.6. The van der Waals surface area contributed by atoms with Gasteiger partial charge in [-0.15, -0.1) is 0 Å². The van der Waals surface area contributed by atoms with E-state index in [-0.39, 0.29) is 28.5 Å². The molecule has 1 aromatic carbocycles. The van der Waals surface area contributed by atoms with Crippen molar-refractivity contribution in [2.24, 2.45) is 5.92 Å². The molecule has 0 spiro atoms. The lowest BCUT2D eigenvalue weighted by molar-refractivity contribution is -0.271. The maximum Gasteiger partial charge on any atom is 0.335 e. The summed E-state index contributed by atoms with van der Waals surface area (Å²) < 4.78 is 11.1. The molecule has 16 heteroatoms. The summed E-state index contributed by atoms with van der Waals surface area (Å²) in [5.74, 6) is -3.98. The van der Waals surface area contributed by atoms with Crippen LogP contribution in [0.2, 0.25) is 5.02 Å². The van der Waals surface area contributed by atoms with Crippen LogP contribution >= 0.6 is 11.6 Å². The van der Waals surface area contributed by atoms with Gasteiger partial charge < -0.3 is 50.8 Å². The Hall–Kier alpha value is -3.86. The number of carboxylic acid groups (broad SMARTS) is 1. The summed E-state index contributed by atoms with van der Waals surface area (Å²) in [6, 6.07) is 5.77. The van der Waals surface area contributed by atoms with Gasteiger partial charge in [0.2, 0.25) is 18.1 Å². The average molecular weight is 650 g/mol. The van der Waals surface area contributed by atoms with Gasteiger partial charge in [-0.3, -0.25) is 14.4 Å². The summed E-state index contributed by atoms with van der Waals surface area (Å²) in [6.45, 7) is 6.70. The lowest BCUT2D eigenvalue weighted by Gasteiger charge is -2.38. The van der Waals surface area contributed by atoms with E-state index < -0.39 is 60.3 Å². The van der Waals surface area contributed by atoms with E-state index >= 15 is 0 Å². The number of carbonyl (C=O) groups is 4. The average Bonchev–Trinajstić information content (AvgIpc) is 2.99. The molecule has 5 atom stereocenters. The lowest BCUT2D eigenvalue weighted by atomic mass is 9.94. The van der Waals surface area contributed by atoms with E-state index in [1.807, 2.05) is 0 Å². The van der Waals surface area contributed by atoms with Crippen LogP contribution in [0.25, 0.3) is 0 Å².